The SMILES string of the molecule is CC(C=CC1=C(C)CCCC1(C)C)=CC[N+](C)(C)C. The zero-order valence-electron chi connectivity index (χ0n) is 14.0. The Morgan fingerprint density at radius 1 is 1.26 bits per heavy atom. The van der Waals surface area contributed by atoms with Gasteiger partial charge in [0.05, 0.1) is 27.7 Å². The van der Waals surface area contributed by atoms with Gasteiger partial charge in [0.15, 0.2) is 0 Å². The van der Waals surface area contributed by atoms with Crippen molar-refractivity contribution >= 4 is 0 Å². The van der Waals surface area contributed by atoms with Crippen LogP contribution in [0.1, 0.15) is 47.0 Å². The van der Waals surface area contributed by atoms with E-state index in [1.54, 1.807) is 11.1 Å². The third kappa shape index (κ3) is 5.36. The lowest BCUT2D eigenvalue weighted by molar-refractivity contribution is -0.864. The molecule has 108 valence electrons. The first kappa shape index (κ1) is 16.2. The third-order valence-corrected chi connectivity index (χ3v) is 4.02. The highest BCUT2D eigenvalue weighted by Gasteiger charge is 2.26. The number of rotatable bonds is 4. The van der Waals surface area contributed by atoms with Crippen LogP contribution in [0.25, 0.3) is 0 Å². The molecule has 1 aliphatic rings. The number of likely N-dealkylation sites (N-methyl/N-ethyl adjacent to an activating group) is 1. The molecule has 0 unspecified atom stereocenters. The van der Waals surface area contributed by atoms with Crippen molar-refractivity contribution in [3.8, 4) is 0 Å². The highest BCUT2D eigenvalue weighted by molar-refractivity contribution is 5.35. The molecule has 0 fully saturated rings. The predicted molar refractivity (Wildman–Crippen MR) is 86.1 cm³/mol. The van der Waals surface area contributed by atoms with Crippen molar-refractivity contribution < 1.29 is 4.48 Å². The first-order valence-electron chi connectivity index (χ1n) is 7.47. The van der Waals surface area contributed by atoms with E-state index in [-0.39, 0.29) is 0 Å². The van der Waals surface area contributed by atoms with Gasteiger partial charge in [0, 0.05) is 0 Å². The van der Waals surface area contributed by atoms with Gasteiger partial charge in [-0.3, -0.25) is 0 Å². The van der Waals surface area contributed by atoms with Crippen LogP contribution in [0.5, 0.6) is 0 Å². The molecule has 0 saturated heterocycles. The predicted octanol–water partition coefficient (Wildman–Crippen LogP) is 4.72. The Kier molecular flexibility index (Phi) is 5.20. The number of quaternary nitrogens is 1. The Labute approximate surface area is 120 Å². The molecule has 0 bridgehead atoms. The summed E-state index contributed by atoms with van der Waals surface area (Å²) in [5, 5.41) is 0. The van der Waals surface area contributed by atoms with E-state index in [2.05, 4.69) is 67.1 Å². The second kappa shape index (κ2) is 6.09. The Bertz CT molecular complexity index is 400. The molecule has 19 heavy (non-hydrogen) atoms. The molecule has 0 radical (unpaired) electrons. The minimum Gasteiger partial charge on any atom is -0.328 e. The van der Waals surface area contributed by atoms with E-state index in [4.69, 9.17) is 0 Å². The van der Waals surface area contributed by atoms with E-state index in [0.29, 0.717) is 5.41 Å². The van der Waals surface area contributed by atoms with Gasteiger partial charge in [-0.25, -0.2) is 0 Å². The molecule has 0 aromatic rings. The van der Waals surface area contributed by atoms with Crippen molar-refractivity contribution in [2.24, 2.45) is 5.41 Å². The summed E-state index contributed by atoms with van der Waals surface area (Å²) < 4.78 is 0.985. The molecule has 1 aliphatic carbocycles. The Hall–Kier alpha value is -0.820. The van der Waals surface area contributed by atoms with Crippen LogP contribution in [0.2, 0.25) is 0 Å². The molecular formula is C18H32N+. The zero-order valence-corrected chi connectivity index (χ0v) is 14.0. The maximum absolute atomic E-state index is 2.38. The Morgan fingerprint density at radius 3 is 2.42 bits per heavy atom. The molecule has 0 N–H and O–H groups in total. The number of nitrogens with zero attached hydrogens (tertiary/aromatic N) is 1. The van der Waals surface area contributed by atoms with Crippen LogP contribution in [-0.2, 0) is 0 Å². The molecule has 0 aromatic heterocycles. The minimum atomic E-state index is 0.346. The van der Waals surface area contributed by atoms with Crippen molar-refractivity contribution in [1.29, 1.82) is 0 Å². The minimum absolute atomic E-state index is 0.346. The lowest BCUT2D eigenvalue weighted by Gasteiger charge is -2.33. The van der Waals surface area contributed by atoms with Crippen LogP contribution in [-0.4, -0.2) is 32.2 Å². The second-order valence-electron chi connectivity index (χ2n) is 7.69. The normalized spacial score (nSPS) is 21.3. The van der Waals surface area contributed by atoms with E-state index in [0.717, 1.165) is 11.0 Å². The summed E-state index contributed by atoms with van der Waals surface area (Å²) in [5.41, 5.74) is 4.84. The van der Waals surface area contributed by atoms with Gasteiger partial charge in [-0.15, -0.1) is 0 Å². The standard InChI is InChI=1S/C18H32N/c1-15(12-14-19(5,6)7)10-11-17-16(2)9-8-13-18(17,3)4/h10-12H,8-9,13-14H2,1-7H3/q+1. The van der Waals surface area contributed by atoms with Crippen LogP contribution < -0.4 is 0 Å². The Morgan fingerprint density at radius 2 is 1.89 bits per heavy atom. The summed E-state index contributed by atoms with van der Waals surface area (Å²) in [6, 6.07) is 0. The van der Waals surface area contributed by atoms with Gasteiger partial charge in [0.25, 0.3) is 0 Å². The molecule has 0 aliphatic heterocycles. The van der Waals surface area contributed by atoms with Crippen LogP contribution in [0.3, 0.4) is 0 Å². The summed E-state index contributed by atoms with van der Waals surface area (Å²) in [5.74, 6) is 0. The number of hydrogen-bond acceptors (Lipinski definition) is 0. The Balaban J connectivity index is 2.80. The van der Waals surface area contributed by atoms with Gasteiger partial charge in [0.2, 0.25) is 0 Å². The molecule has 0 spiro atoms. The number of hydrogen-bond donors (Lipinski definition) is 0. The van der Waals surface area contributed by atoms with Crippen LogP contribution in [0.4, 0.5) is 0 Å². The summed E-state index contributed by atoms with van der Waals surface area (Å²) in [4.78, 5) is 0. The second-order valence-corrected chi connectivity index (χ2v) is 7.69. The van der Waals surface area contributed by atoms with Gasteiger partial charge in [0.1, 0.15) is 0 Å². The van der Waals surface area contributed by atoms with Crippen molar-refractivity contribution in [1.82, 2.24) is 0 Å². The van der Waals surface area contributed by atoms with Crippen LogP contribution in [0, 0.1) is 5.41 Å². The first-order valence-corrected chi connectivity index (χ1v) is 7.47. The smallest absolute Gasteiger partial charge is 0.0973 e. The third-order valence-electron chi connectivity index (χ3n) is 4.02. The quantitative estimate of drug-likeness (QED) is 0.508. The van der Waals surface area contributed by atoms with Gasteiger partial charge >= 0.3 is 0 Å². The monoisotopic (exact) mass is 262 g/mol. The zero-order chi connectivity index (χ0) is 14.7. The van der Waals surface area contributed by atoms with Gasteiger partial charge in [-0.2, -0.15) is 0 Å². The van der Waals surface area contributed by atoms with Crippen molar-refractivity contribution in [2.45, 2.75) is 47.0 Å². The summed E-state index contributed by atoms with van der Waals surface area (Å²) >= 11 is 0. The molecule has 0 saturated carbocycles. The fourth-order valence-electron chi connectivity index (χ4n) is 2.71. The maximum Gasteiger partial charge on any atom is 0.0973 e. The molecule has 1 heteroatoms. The first-order chi connectivity index (χ1) is 8.62. The summed E-state index contributed by atoms with van der Waals surface area (Å²) in [6.07, 6.45) is 10.9. The van der Waals surface area contributed by atoms with E-state index < -0.39 is 0 Å². The summed E-state index contributed by atoms with van der Waals surface area (Å²) in [6.45, 7) is 10.3. The average molecular weight is 262 g/mol. The van der Waals surface area contributed by atoms with Gasteiger partial charge in [-0.05, 0) is 55.7 Å². The number of allylic oxidation sites excluding steroid dienone is 5. The molecule has 0 amide bonds. The fourth-order valence-corrected chi connectivity index (χ4v) is 2.71. The molecule has 1 rings (SSSR count). The van der Waals surface area contributed by atoms with Crippen molar-refractivity contribution in [3.63, 3.8) is 0 Å². The van der Waals surface area contributed by atoms with E-state index in [1.165, 1.54) is 24.8 Å². The molecular weight excluding hydrogens is 230 g/mol. The lowest BCUT2D eigenvalue weighted by Crippen LogP contribution is -2.34. The van der Waals surface area contributed by atoms with Gasteiger partial charge in [-0.1, -0.05) is 31.6 Å². The van der Waals surface area contributed by atoms with Crippen molar-refractivity contribution in [2.75, 3.05) is 27.7 Å². The maximum atomic E-state index is 2.38. The molecule has 0 atom stereocenters. The van der Waals surface area contributed by atoms with Gasteiger partial charge < -0.3 is 4.48 Å². The van der Waals surface area contributed by atoms with Crippen molar-refractivity contribution in [3.05, 3.63) is 34.9 Å². The van der Waals surface area contributed by atoms with Crippen LogP contribution in [0.15, 0.2) is 34.9 Å². The van der Waals surface area contributed by atoms with Crippen LogP contribution >= 0.6 is 0 Å². The highest BCUT2D eigenvalue weighted by Crippen LogP contribution is 2.40. The molecule has 0 heterocycles. The molecule has 1 nitrogen and oxygen atoms in total. The highest BCUT2D eigenvalue weighted by atomic mass is 15.3. The van der Waals surface area contributed by atoms with E-state index in [1.807, 2.05) is 0 Å². The fraction of sp³-hybridized carbons (Fsp3) is 0.667. The summed E-state index contributed by atoms with van der Waals surface area (Å²) in [7, 11) is 6.68. The van der Waals surface area contributed by atoms with E-state index in [9.17, 15) is 0 Å². The molecule has 0 aromatic carbocycles. The average Bonchev–Trinajstić information content (AvgIpc) is 2.23. The lowest BCUT2D eigenvalue weighted by atomic mass is 9.72. The topological polar surface area (TPSA) is 0 Å². The van der Waals surface area contributed by atoms with E-state index >= 15 is 0 Å². The largest absolute Gasteiger partial charge is 0.328 e.